The monoisotopic (exact) mass is 820 g/mol. The van der Waals surface area contributed by atoms with Crippen LogP contribution in [0.2, 0.25) is 10.0 Å². The van der Waals surface area contributed by atoms with Gasteiger partial charge in [-0.3, -0.25) is 30.5 Å². The highest BCUT2D eigenvalue weighted by Gasteiger charge is 2.34. The van der Waals surface area contributed by atoms with E-state index in [1.54, 1.807) is 30.0 Å². The molecule has 1 aliphatic rings. The van der Waals surface area contributed by atoms with Gasteiger partial charge in [-0.25, -0.2) is 9.78 Å². The number of aromatic nitrogens is 4. The van der Waals surface area contributed by atoms with Crippen LogP contribution in [0, 0.1) is 24.7 Å². The predicted molar refractivity (Wildman–Crippen MR) is 222 cm³/mol. The number of halogens is 2. The number of fused-ring (bicyclic) bond motifs is 2. The normalized spacial score (nSPS) is 14.1. The Balaban J connectivity index is 0.958. The highest BCUT2D eigenvalue weighted by molar-refractivity contribution is 7.17. The number of nitrogens with one attached hydrogen (secondary N) is 5. The number of hydrogen-bond donors (Lipinski definition) is 5. The van der Waals surface area contributed by atoms with Gasteiger partial charge in [0.1, 0.15) is 28.5 Å². The Morgan fingerprint density at radius 1 is 1.05 bits per heavy atom. The van der Waals surface area contributed by atoms with Crippen LogP contribution in [0.15, 0.2) is 52.3 Å². The molecule has 56 heavy (non-hydrogen) atoms. The number of carbonyl (C=O) groups is 1. The molecule has 18 heteroatoms. The average Bonchev–Trinajstić information content (AvgIpc) is 3.63. The first kappa shape index (κ1) is 40.5. The second-order valence-electron chi connectivity index (χ2n) is 13.0. The lowest BCUT2D eigenvalue weighted by Gasteiger charge is -2.24. The van der Waals surface area contributed by atoms with Crippen LogP contribution in [0.3, 0.4) is 0 Å². The molecule has 0 spiro atoms. The average molecular weight is 822 g/mol. The lowest BCUT2D eigenvalue weighted by molar-refractivity contribution is -0.121. The molecular weight excluding hydrogens is 779 g/mol. The van der Waals surface area contributed by atoms with E-state index in [1.807, 2.05) is 50.1 Å². The second-order valence-corrected chi connectivity index (χ2v) is 15.0. The standard InChI is InChI=1S/C38H42Cl2N10O5S/c1-20-21(2)56-37-31(20)32(23-6-8-24(39)9-7-23)44-27(34(42)50(37)22(3)41)19-30(51)43-12-14-54-16-17-55-15-13-49(4)29-11-10-25(36(46-29)53-5)33-26(40)18-28-35(47-33)48-38(52)45-28/h6-11,18,27,41-42H,12-17,19H2,1-5H3,(H,43,51)(H2,45,47,48,52). The number of H-pyrrole nitrogens is 2. The van der Waals surface area contributed by atoms with Crippen molar-refractivity contribution in [3.05, 3.63) is 84.6 Å². The molecule has 15 nitrogen and oxygen atoms in total. The van der Waals surface area contributed by atoms with Gasteiger partial charge in [0.2, 0.25) is 11.8 Å². The van der Waals surface area contributed by atoms with Gasteiger partial charge in [-0.05, 0) is 56.7 Å². The summed E-state index contributed by atoms with van der Waals surface area (Å²) in [6, 6.07) is 11.8. The first-order valence-electron chi connectivity index (χ1n) is 17.7. The van der Waals surface area contributed by atoms with Gasteiger partial charge in [-0.15, -0.1) is 11.3 Å². The van der Waals surface area contributed by atoms with Gasteiger partial charge < -0.3 is 29.4 Å². The van der Waals surface area contributed by atoms with E-state index < -0.39 is 6.04 Å². The van der Waals surface area contributed by atoms with Crippen LogP contribution >= 0.6 is 34.5 Å². The topological polar surface area (TPSA) is 198 Å². The number of imidazole rings is 1. The molecule has 1 aliphatic heterocycles. The minimum absolute atomic E-state index is 0.0667. The number of rotatable bonds is 15. The molecule has 5 aromatic rings. The van der Waals surface area contributed by atoms with Crippen LogP contribution in [-0.4, -0.2) is 103 Å². The number of aliphatic imine (C=N–C) groups is 1. The molecule has 0 radical (unpaired) electrons. The predicted octanol–water partition coefficient (Wildman–Crippen LogP) is 5.98. The van der Waals surface area contributed by atoms with Crippen molar-refractivity contribution in [1.82, 2.24) is 25.3 Å². The summed E-state index contributed by atoms with van der Waals surface area (Å²) in [6.45, 7) is 7.86. The minimum atomic E-state index is -0.815. The molecule has 0 saturated heterocycles. The Kier molecular flexibility index (Phi) is 12.9. The number of likely N-dealkylation sites (N-methyl/N-ethyl adjacent to an activating group) is 1. The Morgan fingerprint density at radius 2 is 1.79 bits per heavy atom. The maximum absolute atomic E-state index is 13.1. The smallest absolute Gasteiger partial charge is 0.325 e. The molecule has 0 bridgehead atoms. The number of hydrogen-bond acceptors (Lipinski definition) is 12. The van der Waals surface area contributed by atoms with Crippen LogP contribution in [-0.2, 0) is 14.3 Å². The summed E-state index contributed by atoms with van der Waals surface area (Å²) in [5.41, 5.74) is 4.88. The van der Waals surface area contributed by atoms with E-state index in [0.29, 0.717) is 76.2 Å². The number of ether oxygens (including phenoxy) is 3. The van der Waals surface area contributed by atoms with Crippen molar-refractivity contribution in [3.63, 3.8) is 0 Å². The van der Waals surface area contributed by atoms with Crippen molar-refractivity contribution >= 4 is 79.8 Å². The molecule has 6 rings (SSSR count). The van der Waals surface area contributed by atoms with E-state index in [2.05, 4.69) is 25.3 Å². The van der Waals surface area contributed by atoms with Crippen molar-refractivity contribution in [3.8, 4) is 17.1 Å². The fourth-order valence-corrected chi connectivity index (χ4v) is 7.75. The first-order chi connectivity index (χ1) is 26.9. The summed E-state index contributed by atoms with van der Waals surface area (Å²) in [4.78, 5) is 48.8. The molecule has 1 unspecified atom stereocenters. The molecular formula is C38H42Cl2N10O5S. The van der Waals surface area contributed by atoms with Crippen molar-refractivity contribution in [2.45, 2.75) is 33.2 Å². The Bertz CT molecular complexity index is 2360. The molecule has 1 atom stereocenters. The molecule has 0 fully saturated rings. The highest BCUT2D eigenvalue weighted by atomic mass is 35.5. The highest BCUT2D eigenvalue weighted by Crippen LogP contribution is 2.40. The van der Waals surface area contributed by atoms with Crippen molar-refractivity contribution in [2.24, 2.45) is 4.99 Å². The number of amidine groups is 2. The van der Waals surface area contributed by atoms with E-state index in [9.17, 15) is 9.59 Å². The number of nitrogens with zero attached hydrogens (tertiary/aromatic N) is 5. The van der Waals surface area contributed by atoms with Gasteiger partial charge in [0, 0.05) is 41.2 Å². The number of methoxy groups -OCH3 is 1. The number of aromatic amines is 2. The number of carbonyl (C=O) groups excluding carboxylic acids is 1. The number of thiophene rings is 1. The van der Waals surface area contributed by atoms with E-state index >= 15 is 0 Å². The number of aryl methyl sites for hydroxylation is 1. The summed E-state index contributed by atoms with van der Waals surface area (Å²) < 4.78 is 17.0. The fraction of sp³-hybridized carbons (Fsp3) is 0.342. The molecule has 5 N–H and O–H groups in total. The van der Waals surface area contributed by atoms with E-state index in [0.717, 1.165) is 26.6 Å². The fourth-order valence-electron chi connectivity index (χ4n) is 6.14. The molecule has 4 aromatic heterocycles. The zero-order valence-corrected chi connectivity index (χ0v) is 33.8. The third-order valence-corrected chi connectivity index (χ3v) is 10.9. The van der Waals surface area contributed by atoms with E-state index in [-0.39, 0.29) is 42.8 Å². The van der Waals surface area contributed by atoms with Gasteiger partial charge >= 0.3 is 5.69 Å². The molecule has 0 aliphatic carbocycles. The van der Waals surface area contributed by atoms with Gasteiger partial charge in [-0.2, -0.15) is 4.98 Å². The number of pyridine rings is 2. The maximum Gasteiger partial charge on any atom is 0.325 e. The summed E-state index contributed by atoms with van der Waals surface area (Å²) in [7, 11) is 3.40. The summed E-state index contributed by atoms with van der Waals surface area (Å²) >= 11 is 14.2. The van der Waals surface area contributed by atoms with Crippen LogP contribution < -0.4 is 25.5 Å². The quantitative estimate of drug-likeness (QED) is 0.0479. The van der Waals surface area contributed by atoms with Crippen LogP contribution in [0.5, 0.6) is 5.88 Å². The second kappa shape index (κ2) is 17.8. The lowest BCUT2D eigenvalue weighted by atomic mass is 9.99. The Labute approximate surface area is 337 Å². The zero-order chi connectivity index (χ0) is 40.1. The Morgan fingerprint density at radius 3 is 2.50 bits per heavy atom. The van der Waals surface area contributed by atoms with Crippen LogP contribution in [0.4, 0.5) is 10.8 Å². The molecule has 5 heterocycles. The van der Waals surface area contributed by atoms with Gasteiger partial charge in [0.25, 0.3) is 0 Å². The minimum Gasteiger partial charge on any atom is -0.480 e. The van der Waals surface area contributed by atoms with Gasteiger partial charge in [0.15, 0.2) is 5.65 Å². The third-order valence-electron chi connectivity index (χ3n) is 9.13. The number of anilines is 2. The van der Waals surface area contributed by atoms with E-state index in [4.69, 9.17) is 53.2 Å². The summed E-state index contributed by atoms with van der Waals surface area (Å²) in [5, 5.41) is 22.1. The number of benzene rings is 1. The lowest BCUT2D eigenvalue weighted by Crippen LogP contribution is -2.42. The molecule has 1 amide bonds. The van der Waals surface area contributed by atoms with Crippen LogP contribution in [0.25, 0.3) is 22.4 Å². The Hall–Kier alpha value is -5.13. The maximum atomic E-state index is 13.1. The van der Waals surface area contributed by atoms with Gasteiger partial charge in [0.05, 0.1) is 67.5 Å². The van der Waals surface area contributed by atoms with E-state index in [1.165, 1.54) is 18.4 Å². The molecule has 0 saturated carbocycles. The third kappa shape index (κ3) is 8.95. The SMILES string of the molecule is COc1nc(N(C)CCOCCOCCNC(=O)CC2N=C(c3ccc(Cl)cc3)c3c(sc(C)c3C)N(C(C)=N)C2=N)ccc1-c1nc2[nH]c(=O)[nH]c2cc1Cl. The molecule has 294 valence electrons. The van der Waals surface area contributed by atoms with Crippen molar-refractivity contribution < 1.29 is 19.0 Å². The first-order valence-corrected chi connectivity index (χ1v) is 19.3. The van der Waals surface area contributed by atoms with Crippen molar-refractivity contribution in [1.29, 1.82) is 10.8 Å². The molecule has 1 aromatic carbocycles. The zero-order valence-electron chi connectivity index (χ0n) is 31.5. The van der Waals surface area contributed by atoms with Crippen LogP contribution in [0.1, 0.15) is 34.9 Å². The largest absolute Gasteiger partial charge is 0.480 e. The summed E-state index contributed by atoms with van der Waals surface area (Å²) in [6.07, 6.45) is -0.0667. The summed E-state index contributed by atoms with van der Waals surface area (Å²) in [5.74, 6) is 0.947. The van der Waals surface area contributed by atoms with Gasteiger partial charge in [-0.1, -0.05) is 35.3 Å². The number of amides is 1. The van der Waals surface area contributed by atoms with Crippen molar-refractivity contribution in [2.75, 3.05) is 63.5 Å².